The molecular weight excluding hydrogens is 370 g/mol. The van der Waals surface area contributed by atoms with E-state index in [0.717, 1.165) is 0 Å². The van der Waals surface area contributed by atoms with E-state index in [4.69, 9.17) is 4.74 Å². The zero-order valence-corrected chi connectivity index (χ0v) is 15.6. The largest absolute Gasteiger partial charge is 0.458 e. The molecule has 27 heavy (non-hydrogen) atoms. The molecule has 1 aromatic rings. The molecule has 1 fully saturated rings. The fraction of sp³-hybridized carbons (Fsp3) is 0.278. The van der Waals surface area contributed by atoms with Gasteiger partial charge < -0.3 is 4.74 Å². The number of non-ortho nitro benzene ring substituents is 1. The Morgan fingerprint density at radius 1 is 1.52 bits per heavy atom. The first kappa shape index (κ1) is 18.8. The Hall–Kier alpha value is -2.94. The van der Waals surface area contributed by atoms with Gasteiger partial charge in [0.2, 0.25) is 5.91 Å². The Morgan fingerprint density at radius 2 is 2.26 bits per heavy atom. The zero-order valence-electron chi connectivity index (χ0n) is 14.7. The van der Waals surface area contributed by atoms with Crippen molar-refractivity contribution >= 4 is 34.5 Å². The van der Waals surface area contributed by atoms with Gasteiger partial charge in [0.25, 0.3) is 5.69 Å². The van der Waals surface area contributed by atoms with E-state index in [0.29, 0.717) is 16.4 Å². The van der Waals surface area contributed by atoms with Gasteiger partial charge >= 0.3 is 5.97 Å². The van der Waals surface area contributed by atoms with Gasteiger partial charge in [0.1, 0.15) is 6.61 Å². The van der Waals surface area contributed by atoms with E-state index in [9.17, 15) is 19.7 Å². The molecule has 2 aliphatic rings. The molecular formula is C18H17N3O5S. The number of ether oxygens (including phenoxy) is 1. The number of carbonyl (C=O) groups is 2. The van der Waals surface area contributed by atoms with Crippen molar-refractivity contribution in [3.8, 4) is 0 Å². The van der Waals surface area contributed by atoms with Crippen LogP contribution in [-0.4, -0.2) is 38.7 Å². The van der Waals surface area contributed by atoms with Gasteiger partial charge in [-0.25, -0.2) is 9.79 Å². The number of rotatable bonds is 5. The Labute approximate surface area is 159 Å². The summed E-state index contributed by atoms with van der Waals surface area (Å²) >= 11 is 1.29. The minimum absolute atomic E-state index is 0.00689. The van der Waals surface area contributed by atoms with Crippen molar-refractivity contribution < 1.29 is 19.2 Å². The van der Waals surface area contributed by atoms with Crippen LogP contribution < -0.4 is 0 Å². The number of esters is 1. The minimum Gasteiger partial charge on any atom is -0.458 e. The van der Waals surface area contributed by atoms with Crippen LogP contribution in [0.15, 0.2) is 53.2 Å². The van der Waals surface area contributed by atoms with Gasteiger partial charge in [-0.1, -0.05) is 36.5 Å². The number of nitro benzene ring substituents is 1. The Bertz CT molecular complexity index is 908. The second-order valence-electron chi connectivity index (χ2n) is 6.00. The number of benzene rings is 1. The topological polar surface area (TPSA) is 102 Å². The maximum Gasteiger partial charge on any atom is 0.338 e. The number of hydrogen-bond donors (Lipinski definition) is 0. The number of fused-ring (bicyclic) bond motifs is 1. The lowest BCUT2D eigenvalue weighted by Gasteiger charge is -2.32. The maximum absolute atomic E-state index is 12.7. The Balaban J connectivity index is 2.15. The number of amides is 1. The first-order valence-electron chi connectivity index (χ1n) is 8.16. The van der Waals surface area contributed by atoms with Crippen molar-refractivity contribution in [1.82, 2.24) is 4.90 Å². The molecule has 1 saturated heterocycles. The highest BCUT2D eigenvalue weighted by atomic mass is 32.2. The number of hydrogen-bond acceptors (Lipinski definition) is 7. The van der Waals surface area contributed by atoms with Crippen LogP contribution in [0.5, 0.6) is 0 Å². The molecule has 2 atom stereocenters. The van der Waals surface area contributed by atoms with E-state index in [1.807, 2.05) is 0 Å². The fourth-order valence-corrected chi connectivity index (χ4v) is 4.03. The van der Waals surface area contributed by atoms with Crippen LogP contribution in [0.2, 0.25) is 0 Å². The van der Waals surface area contributed by atoms with Crippen LogP contribution in [0.4, 0.5) is 5.69 Å². The first-order chi connectivity index (χ1) is 12.8. The van der Waals surface area contributed by atoms with Crippen LogP contribution in [0.25, 0.3) is 0 Å². The zero-order chi connectivity index (χ0) is 19.7. The summed E-state index contributed by atoms with van der Waals surface area (Å²) in [6.45, 7) is 6.94. The predicted molar refractivity (Wildman–Crippen MR) is 101 cm³/mol. The lowest BCUT2D eigenvalue weighted by atomic mass is 9.94. The monoisotopic (exact) mass is 387 g/mol. The third-order valence-electron chi connectivity index (χ3n) is 4.21. The van der Waals surface area contributed by atoms with Gasteiger partial charge in [0, 0.05) is 12.1 Å². The van der Waals surface area contributed by atoms with E-state index in [1.54, 1.807) is 19.9 Å². The second-order valence-corrected chi connectivity index (χ2v) is 7.31. The van der Waals surface area contributed by atoms with Gasteiger partial charge in [-0.2, -0.15) is 0 Å². The summed E-state index contributed by atoms with van der Waals surface area (Å²) in [5.41, 5.74) is 0.926. The van der Waals surface area contributed by atoms with Gasteiger partial charge in [-0.3, -0.25) is 19.8 Å². The molecule has 0 radical (unpaired) electrons. The Kier molecular flexibility index (Phi) is 5.13. The highest BCUT2D eigenvalue weighted by Gasteiger charge is 2.46. The summed E-state index contributed by atoms with van der Waals surface area (Å²) in [4.78, 5) is 41.9. The number of amidine groups is 1. The van der Waals surface area contributed by atoms with Crippen molar-refractivity contribution in [3.63, 3.8) is 0 Å². The van der Waals surface area contributed by atoms with Crippen LogP contribution in [0.1, 0.15) is 25.5 Å². The summed E-state index contributed by atoms with van der Waals surface area (Å²) in [5, 5.41) is 11.3. The third kappa shape index (κ3) is 3.37. The molecule has 140 valence electrons. The molecule has 0 N–H and O–H groups in total. The Morgan fingerprint density at radius 3 is 2.93 bits per heavy atom. The van der Waals surface area contributed by atoms with E-state index in [2.05, 4.69) is 11.6 Å². The van der Waals surface area contributed by atoms with Crippen molar-refractivity contribution in [2.24, 2.45) is 4.99 Å². The lowest BCUT2D eigenvalue weighted by molar-refractivity contribution is -0.384. The number of thioether (sulfide) groups is 1. The molecule has 1 amide bonds. The standard InChI is InChI=1S/C18H17N3O5S/c1-4-8-26-17(23)14-10(2)19-18-20(16(22)11(3)27-18)15(14)12-6-5-7-13(9-12)21(24)25/h4-7,9,11,15H,1,8H2,2-3H3. The number of allylic oxidation sites excluding steroid dienone is 1. The molecule has 2 unspecified atom stereocenters. The summed E-state index contributed by atoms with van der Waals surface area (Å²) in [7, 11) is 0. The molecule has 8 nitrogen and oxygen atoms in total. The van der Waals surface area contributed by atoms with Crippen LogP contribution in [0, 0.1) is 10.1 Å². The van der Waals surface area contributed by atoms with E-state index in [-0.39, 0.29) is 29.0 Å². The minimum atomic E-state index is -0.834. The summed E-state index contributed by atoms with van der Waals surface area (Å²) < 4.78 is 5.18. The second kappa shape index (κ2) is 7.36. The van der Waals surface area contributed by atoms with Crippen LogP contribution in [0.3, 0.4) is 0 Å². The van der Waals surface area contributed by atoms with Crippen molar-refractivity contribution in [2.75, 3.05) is 6.61 Å². The van der Waals surface area contributed by atoms with Crippen molar-refractivity contribution in [1.29, 1.82) is 0 Å². The van der Waals surface area contributed by atoms with Gasteiger partial charge in [0.05, 0.1) is 27.5 Å². The molecule has 0 saturated carbocycles. The molecule has 0 bridgehead atoms. The number of nitrogens with zero attached hydrogens (tertiary/aromatic N) is 3. The third-order valence-corrected chi connectivity index (χ3v) is 5.26. The predicted octanol–water partition coefficient (Wildman–Crippen LogP) is 2.97. The van der Waals surface area contributed by atoms with Gasteiger partial charge in [-0.15, -0.1) is 0 Å². The van der Waals surface area contributed by atoms with Crippen LogP contribution in [-0.2, 0) is 14.3 Å². The number of carbonyl (C=O) groups excluding carboxylic acids is 2. The van der Waals surface area contributed by atoms with Crippen molar-refractivity contribution in [3.05, 3.63) is 63.9 Å². The van der Waals surface area contributed by atoms with Gasteiger partial charge in [-0.05, 0) is 19.4 Å². The highest BCUT2D eigenvalue weighted by Crippen LogP contribution is 2.43. The number of aliphatic imine (C=N–C) groups is 1. The molecule has 0 aliphatic carbocycles. The summed E-state index contributed by atoms with van der Waals surface area (Å²) in [6.07, 6.45) is 1.44. The average molecular weight is 387 g/mol. The number of nitro groups is 1. The smallest absolute Gasteiger partial charge is 0.338 e. The first-order valence-corrected chi connectivity index (χ1v) is 9.04. The molecule has 2 heterocycles. The van der Waals surface area contributed by atoms with E-state index in [1.165, 1.54) is 40.9 Å². The molecule has 0 spiro atoms. The van der Waals surface area contributed by atoms with E-state index >= 15 is 0 Å². The quantitative estimate of drug-likeness (QED) is 0.333. The molecule has 9 heteroatoms. The molecule has 2 aliphatic heterocycles. The van der Waals surface area contributed by atoms with Crippen molar-refractivity contribution in [2.45, 2.75) is 25.1 Å². The molecule has 1 aromatic carbocycles. The van der Waals surface area contributed by atoms with Gasteiger partial charge in [0.15, 0.2) is 5.17 Å². The maximum atomic E-state index is 12.7. The molecule has 3 rings (SSSR count). The van der Waals surface area contributed by atoms with E-state index < -0.39 is 16.9 Å². The highest BCUT2D eigenvalue weighted by molar-refractivity contribution is 8.15. The molecule has 0 aromatic heterocycles. The summed E-state index contributed by atoms with van der Waals surface area (Å²) in [6, 6.07) is 5.06. The normalized spacial score (nSPS) is 21.6. The average Bonchev–Trinajstić information content (AvgIpc) is 2.92. The fourth-order valence-electron chi connectivity index (χ4n) is 3.00. The SMILES string of the molecule is C=CCOC(=O)C1=C(C)N=C2SC(C)C(=O)N2C1c1cccc([N+](=O)[O-])c1. The lowest BCUT2D eigenvalue weighted by Crippen LogP contribution is -2.40. The summed E-state index contributed by atoms with van der Waals surface area (Å²) in [5.74, 6) is -0.846. The van der Waals surface area contributed by atoms with Crippen LogP contribution >= 0.6 is 11.8 Å².